The van der Waals surface area contributed by atoms with Crippen LogP contribution in [-0.4, -0.2) is 12.1 Å². The highest BCUT2D eigenvalue weighted by Crippen LogP contribution is 2.07. The van der Waals surface area contributed by atoms with Gasteiger partial charge in [-0.3, -0.25) is 4.79 Å². The van der Waals surface area contributed by atoms with Gasteiger partial charge in [-0.1, -0.05) is 45.3 Å². The van der Waals surface area contributed by atoms with Crippen LogP contribution in [0, 0.1) is 0 Å². The van der Waals surface area contributed by atoms with Gasteiger partial charge in [0.1, 0.15) is 0 Å². The molecule has 0 rings (SSSR count). The largest absolute Gasteiger partial charge is 0.463 e. The molecule has 0 unspecified atom stereocenters. The van der Waals surface area contributed by atoms with Crippen LogP contribution in [0.2, 0.25) is 0 Å². The van der Waals surface area contributed by atoms with Gasteiger partial charge in [0.25, 0.3) is 0 Å². The lowest BCUT2D eigenvalue weighted by atomic mass is 10.1. The average molecular weight is 254 g/mol. The summed E-state index contributed by atoms with van der Waals surface area (Å²) in [5.41, 5.74) is 0. The van der Waals surface area contributed by atoms with E-state index in [-0.39, 0.29) is 12.1 Å². The fourth-order valence-corrected chi connectivity index (χ4v) is 1.63. The molecule has 0 fully saturated rings. The fourth-order valence-electron chi connectivity index (χ4n) is 1.63. The first-order valence-corrected chi connectivity index (χ1v) is 7.55. The fraction of sp³-hybridized carbons (Fsp3) is 0.812. The zero-order chi connectivity index (χ0) is 13.6. The zero-order valence-corrected chi connectivity index (χ0v) is 12.4. The van der Waals surface area contributed by atoms with E-state index >= 15 is 0 Å². The van der Waals surface area contributed by atoms with Gasteiger partial charge in [-0.05, 0) is 39.0 Å². The van der Waals surface area contributed by atoms with Crippen molar-refractivity contribution in [1.29, 1.82) is 0 Å². The second-order valence-corrected chi connectivity index (χ2v) is 4.92. The second-order valence-electron chi connectivity index (χ2n) is 4.92. The maximum absolute atomic E-state index is 11.4. The number of allylic oxidation sites excluding steroid dienone is 2. The number of hydrogen-bond donors (Lipinski definition) is 0. The summed E-state index contributed by atoms with van der Waals surface area (Å²) in [6.07, 6.45) is 14.2. The molecule has 0 N–H and O–H groups in total. The Labute approximate surface area is 113 Å². The molecule has 0 aliphatic rings. The Balaban J connectivity index is 3.29. The predicted molar refractivity (Wildman–Crippen MR) is 77.6 cm³/mol. The van der Waals surface area contributed by atoms with Gasteiger partial charge in [0, 0.05) is 6.42 Å². The minimum atomic E-state index is -0.0390. The lowest BCUT2D eigenvalue weighted by molar-refractivity contribution is -0.148. The van der Waals surface area contributed by atoms with E-state index in [1.165, 1.54) is 25.7 Å². The van der Waals surface area contributed by atoms with E-state index in [9.17, 15) is 4.79 Å². The minimum absolute atomic E-state index is 0.0390. The number of carbonyl (C=O) groups excluding carboxylic acids is 1. The Morgan fingerprint density at radius 1 is 1.06 bits per heavy atom. The summed E-state index contributed by atoms with van der Waals surface area (Å²) in [4.78, 5) is 11.4. The molecule has 1 atom stereocenters. The molecule has 0 aromatic carbocycles. The normalized spacial score (nSPS) is 12.8. The third-order valence-corrected chi connectivity index (χ3v) is 3.05. The Morgan fingerprint density at radius 3 is 2.33 bits per heavy atom. The molecule has 106 valence electrons. The smallest absolute Gasteiger partial charge is 0.306 e. The van der Waals surface area contributed by atoms with Crippen molar-refractivity contribution in [3.8, 4) is 0 Å². The van der Waals surface area contributed by atoms with Gasteiger partial charge >= 0.3 is 5.97 Å². The van der Waals surface area contributed by atoms with Crippen LogP contribution in [-0.2, 0) is 9.53 Å². The maximum atomic E-state index is 11.4. The van der Waals surface area contributed by atoms with Crippen molar-refractivity contribution in [2.24, 2.45) is 0 Å². The lowest BCUT2D eigenvalue weighted by Crippen LogP contribution is -2.13. The molecule has 0 aromatic rings. The molecule has 2 heteroatoms. The van der Waals surface area contributed by atoms with Gasteiger partial charge in [0.15, 0.2) is 0 Å². The number of ether oxygens (including phenoxy) is 1. The van der Waals surface area contributed by atoms with E-state index in [0.29, 0.717) is 6.42 Å². The second kappa shape index (κ2) is 12.7. The topological polar surface area (TPSA) is 26.3 Å². The summed E-state index contributed by atoms with van der Waals surface area (Å²) in [7, 11) is 0. The van der Waals surface area contributed by atoms with Crippen molar-refractivity contribution in [1.82, 2.24) is 0 Å². The molecule has 0 aliphatic carbocycles. The summed E-state index contributed by atoms with van der Waals surface area (Å²) < 4.78 is 5.22. The van der Waals surface area contributed by atoms with Gasteiger partial charge < -0.3 is 4.74 Å². The molecule has 0 amide bonds. The number of hydrogen-bond acceptors (Lipinski definition) is 2. The van der Waals surface area contributed by atoms with Gasteiger partial charge in [0.05, 0.1) is 6.10 Å². The zero-order valence-electron chi connectivity index (χ0n) is 12.4. The number of esters is 1. The van der Waals surface area contributed by atoms with Gasteiger partial charge in [-0.15, -0.1) is 0 Å². The molecule has 0 saturated carbocycles. The first kappa shape index (κ1) is 17.2. The highest BCUT2D eigenvalue weighted by molar-refractivity contribution is 5.69. The van der Waals surface area contributed by atoms with E-state index in [4.69, 9.17) is 4.74 Å². The lowest BCUT2D eigenvalue weighted by Gasteiger charge is -2.10. The van der Waals surface area contributed by atoms with Gasteiger partial charge in [0.2, 0.25) is 0 Å². The van der Waals surface area contributed by atoms with Crippen molar-refractivity contribution in [2.75, 3.05) is 0 Å². The summed E-state index contributed by atoms with van der Waals surface area (Å²) >= 11 is 0. The number of unbranched alkanes of at least 4 members (excludes halogenated alkanes) is 5. The molecule has 0 aromatic heterocycles. The molecule has 0 saturated heterocycles. The van der Waals surface area contributed by atoms with E-state index in [2.05, 4.69) is 19.1 Å². The highest BCUT2D eigenvalue weighted by atomic mass is 16.5. The van der Waals surface area contributed by atoms with Crippen LogP contribution in [0.4, 0.5) is 0 Å². The molecule has 0 spiro atoms. The first-order valence-electron chi connectivity index (χ1n) is 7.55. The van der Waals surface area contributed by atoms with E-state index in [1.807, 2.05) is 13.8 Å². The van der Waals surface area contributed by atoms with Crippen molar-refractivity contribution in [3.63, 3.8) is 0 Å². The van der Waals surface area contributed by atoms with Crippen molar-refractivity contribution in [2.45, 2.75) is 84.7 Å². The summed E-state index contributed by atoms with van der Waals surface area (Å²) in [5.74, 6) is -0.0390. The van der Waals surface area contributed by atoms with Crippen LogP contribution in [0.5, 0.6) is 0 Å². The van der Waals surface area contributed by atoms with Crippen molar-refractivity contribution in [3.05, 3.63) is 12.2 Å². The SMILES string of the molecule is CCCC/C=C\CCCCCC(=O)O[C@H](C)CC. The van der Waals surface area contributed by atoms with Gasteiger partial charge in [-0.2, -0.15) is 0 Å². The van der Waals surface area contributed by atoms with Crippen LogP contribution in [0.25, 0.3) is 0 Å². The number of rotatable bonds is 11. The molecular formula is C16H30O2. The molecular weight excluding hydrogens is 224 g/mol. The van der Waals surface area contributed by atoms with Crippen LogP contribution in [0.15, 0.2) is 12.2 Å². The van der Waals surface area contributed by atoms with Crippen LogP contribution in [0.3, 0.4) is 0 Å². The Morgan fingerprint density at radius 2 is 1.72 bits per heavy atom. The van der Waals surface area contributed by atoms with Gasteiger partial charge in [-0.25, -0.2) is 0 Å². The van der Waals surface area contributed by atoms with E-state index in [0.717, 1.165) is 25.7 Å². The Hall–Kier alpha value is -0.790. The van der Waals surface area contributed by atoms with Crippen LogP contribution < -0.4 is 0 Å². The van der Waals surface area contributed by atoms with Crippen LogP contribution >= 0.6 is 0 Å². The Bertz CT molecular complexity index is 221. The molecule has 0 radical (unpaired) electrons. The molecule has 0 heterocycles. The van der Waals surface area contributed by atoms with Crippen molar-refractivity contribution < 1.29 is 9.53 Å². The minimum Gasteiger partial charge on any atom is -0.463 e. The standard InChI is InChI=1S/C16H30O2/c1-4-6-7-8-9-10-11-12-13-14-16(17)18-15(3)5-2/h8-9,15H,4-7,10-14H2,1-3H3/b9-8-/t15-/m1/s1. The molecule has 18 heavy (non-hydrogen) atoms. The summed E-state index contributed by atoms with van der Waals surface area (Å²) in [6.45, 7) is 6.19. The monoisotopic (exact) mass is 254 g/mol. The molecule has 0 bridgehead atoms. The third kappa shape index (κ3) is 11.7. The van der Waals surface area contributed by atoms with Crippen molar-refractivity contribution >= 4 is 5.97 Å². The van der Waals surface area contributed by atoms with Crippen LogP contribution in [0.1, 0.15) is 78.6 Å². The Kier molecular flexibility index (Phi) is 12.1. The molecule has 2 nitrogen and oxygen atoms in total. The first-order chi connectivity index (χ1) is 8.70. The summed E-state index contributed by atoms with van der Waals surface area (Å²) in [5, 5.41) is 0. The average Bonchev–Trinajstić information content (AvgIpc) is 2.36. The van der Waals surface area contributed by atoms with E-state index in [1.54, 1.807) is 0 Å². The number of carbonyl (C=O) groups is 1. The maximum Gasteiger partial charge on any atom is 0.306 e. The highest BCUT2D eigenvalue weighted by Gasteiger charge is 2.06. The molecule has 0 aliphatic heterocycles. The predicted octanol–water partition coefficient (Wildman–Crippen LogP) is 5.03. The summed E-state index contributed by atoms with van der Waals surface area (Å²) in [6, 6.07) is 0. The quantitative estimate of drug-likeness (QED) is 0.294. The van der Waals surface area contributed by atoms with E-state index < -0.39 is 0 Å². The third-order valence-electron chi connectivity index (χ3n) is 3.05.